The summed E-state index contributed by atoms with van der Waals surface area (Å²) < 4.78 is 0. The summed E-state index contributed by atoms with van der Waals surface area (Å²) in [6, 6.07) is 6.01. The largest absolute Gasteiger partial charge is 0.393 e. The molecular formula is C13H23NO. The van der Waals surface area contributed by atoms with E-state index in [4.69, 9.17) is 0 Å². The molecule has 2 heteroatoms. The van der Waals surface area contributed by atoms with Crippen LogP contribution in [0.3, 0.4) is 0 Å². The highest BCUT2D eigenvalue weighted by molar-refractivity contribution is 5.09. The van der Waals surface area contributed by atoms with E-state index in [2.05, 4.69) is 4.98 Å². The Labute approximate surface area is 93.4 Å². The zero-order valence-electron chi connectivity index (χ0n) is 10.3. The maximum atomic E-state index is 9.36. The van der Waals surface area contributed by atoms with Gasteiger partial charge >= 0.3 is 0 Å². The molecule has 86 valence electrons. The fourth-order valence-electron chi connectivity index (χ4n) is 1.26. The van der Waals surface area contributed by atoms with Crippen LogP contribution < -0.4 is 0 Å². The molecule has 1 heterocycles. The Kier molecular flexibility index (Phi) is 7.92. The highest BCUT2D eigenvalue weighted by atomic mass is 16.3. The lowest BCUT2D eigenvalue weighted by molar-refractivity contribution is 0.160. The third kappa shape index (κ3) is 6.24. The number of pyridine rings is 1. The number of aryl methyl sites for hydroxylation is 2. The van der Waals surface area contributed by atoms with Crippen molar-refractivity contribution in [2.45, 2.75) is 53.1 Å². The fourth-order valence-corrected chi connectivity index (χ4v) is 1.26. The van der Waals surface area contributed by atoms with E-state index in [9.17, 15) is 5.11 Å². The standard InChI is InChI=1S/C11H17NO.C2H6/c1-3-11(13)8-7-10-6-4-5-9(2)12-10;1-2/h4-6,11,13H,3,7-8H2,1-2H3;1-2H3. The summed E-state index contributed by atoms with van der Waals surface area (Å²) in [5.41, 5.74) is 2.12. The van der Waals surface area contributed by atoms with Crippen molar-refractivity contribution >= 4 is 0 Å². The molecule has 1 rings (SSSR count). The van der Waals surface area contributed by atoms with E-state index in [1.807, 2.05) is 45.9 Å². The Hall–Kier alpha value is -0.890. The SMILES string of the molecule is CC.CCC(O)CCc1cccc(C)n1. The highest BCUT2D eigenvalue weighted by Crippen LogP contribution is 2.05. The first-order chi connectivity index (χ1) is 7.22. The molecule has 0 aliphatic rings. The van der Waals surface area contributed by atoms with Gasteiger partial charge in [0.05, 0.1) is 6.10 Å². The van der Waals surface area contributed by atoms with Gasteiger partial charge in [0.25, 0.3) is 0 Å². The molecule has 2 nitrogen and oxygen atoms in total. The second kappa shape index (κ2) is 8.42. The summed E-state index contributed by atoms with van der Waals surface area (Å²) in [7, 11) is 0. The summed E-state index contributed by atoms with van der Waals surface area (Å²) in [5, 5.41) is 9.36. The number of aliphatic hydroxyl groups is 1. The summed E-state index contributed by atoms with van der Waals surface area (Å²) in [6.07, 6.45) is 2.33. The summed E-state index contributed by atoms with van der Waals surface area (Å²) in [4.78, 5) is 4.37. The van der Waals surface area contributed by atoms with Crippen LogP contribution in [0.4, 0.5) is 0 Å². The molecule has 0 bridgehead atoms. The van der Waals surface area contributed by atoms with E-state index in [1.165, 1.54) is 0 Å². The van der Waals surface area contributed by atoms with Crippen LogP contribution in [0, 0.1) is 6.92 Å². The number of hydrogen-bond acceptors (Lipinski definition) is 2. The lowest BCUT2D eigenvalue weighted by atomic mass is 10.1. The first-order valence-electron chi connectivity index (χ1n) is 5.83. The highest BCUT2D eigenvalue weighted by Gasteiger charge is 2.01. The quantitative estimate of drug-likeness (QED) is 0.826. The summed E-state index contributed by atoms with van der Waals surface area (Å²) in [6.45, 7) is 7.98. The molecule has 0 aromatic carbocycles. The third-order valence-corrected chi connectivity index (χ3v) is 2.15. The summed E-state index contributed by atoms with van der Waals surface area (Å²) in [5.74, 6) is 0. The van der Waals surface area contributed by atoms with Crippen LogP contribution in [0.2, 0.25) is 0 Å². The molecule has 1 aromatic rings. The van der Waals surface area contributed by atoms with Gasteiger partial charge in [-0.3, -0.25) is 4.98 Å². The van der Waals surface area contributed by atoms with Crippen molar-refractivity contribution < 1.29 is 5.11 Å². The van der Waals surface area contributed by atoms with Crippen molar-refractivity contribution in [1.82, 2.24) is 4.98 Å². The molecule has 1 atom stereocenters. The molecule has 0 aliphatic heterocycles. The van der Waals surface area contributed by atoms with Crippen molar-refractivity contribution in [2.75, 3.05) is 0 Å². The monoisotopic (exact) mass is 209 g/mol. The van der Waals surface area contributed by atoms with Gasteiger partial charge in [0.15, 0.2) is 0 Å². The van der Waals surface area contributed by atoms with Crippen molar-refractivity contribution in [3.8, 4) is 0 Å². The van der Waals surface area contributed by atoms with Gasteiger partial charge < -0.3 is 5.11 Å². The van der Waals surface area contributed by atoms with Gasteiger partial charge in [-0.15, -0.1) is 0 Å². The van der Waals surface area contributed by atoms with E-state index in [0.717, 1.165) is 30.7 Å². The van der Waals surface area contributed by atoms with Crippen LogP contribution >= 0.6 is 0 Å². The zero-order chi connectivity index (χ0) is 11.7. The molecule has 0 amide bonds. The second-order valence-corrected chi connectivity index (χ2v) is 3.37. The van der Waals surface area contributed by atoms with Crippen LogP contribution in [-0.2, 0) is 6.42 Å². The number of aromatic nitrogens is 1. The van der Waals surface area contributed by atoms with Gasteiger partial charge in [0, 0.05) is 11.4 Å². The van der Waals surface area contributed by atoms with E-state index >= 15 is 0 Å². The molecule has 1 aromatic heterocycles. The van der Waals surface area contributed by atoms with Gasteiger partial charge in [0.2, 0.25) is 0 Å². The molecular weight excluding hydrogens is 186 g/mol. The maximum Gasteiger partial charge on any atom is 0.0541 e. The first kappa shape index (κ1) is 14.1. The number of hydrogen-bond donors (Lipinski definition) is 1. The molecule has 0 saturated carbocycles. The lowest BCUT2D eigenvalue weighted by Crippen LogP contribution is -2.06. The third-order valence-electron chi connectivity index (χ3n) is 2.15. The van der Waals surface area contributed by atoms with Crippen molar-refractivity contribution in [1.29, 1.82) is 0 Å². The van der Waals surface area contributed by atoms with Crippen LogP contribution in [0.5, 0.6) is 0 Å². The smallest absolute Gasteiger partial charge is 0.0541 e. The molecule has 1 N–H and O–H groups in total. The Bertz CT molecular complexity index is 260. The van der Waals surface area contributed by atoms with E-state index in [0.29, 0.717) is 0 Å². The van der Waals surface area contributed by atoms with Crippen LogP contribution in [0.1, 0.15) is 45.0 Å². The number of aliphatic hydroxyl groups excluding tert-OH is 1. The predicted molar refractivity (Wildman–Crippen MR) is 64.9 cm³/mol. The lowest BCUT2D eigenvalue weighted by Gasteiger charge is -2.06. The summed E-state index contributed by atoms with van der Waals surface area (Å²) >= 11 is 0. The molecule has 0 fully saturated rings. The Morgan fingerprint density at radius 3 is 2.53 bits per heavy atom. The van der Waals surface area contributed by atoms with Gasteiger partial charge in [-0.2, -0.15) is 0 Å². The first-order valence-corrected chi connectivity index (χ1v) is 5.83. The number of nitrogens with zero attached hydrogens (tertiary/aromatic N) is 1. The molecule has 0 spiro atoms. The van der Waals surface area contributed by atoms with Gasteiger partial charge in [0.1, 0.15) is 0 Å². The van der Waals surface area contributed by atoms with E-state index < -0.39 is 0 Å². The van der Waals surface area contributed by atoms with Crippen molar-refractivity contribution in [3.63, 3.8) is 0 Å². The Balaban J connectivity index is 0.000000921. The van der Waals surface area contributed by atoms with Crippen molar-refractivity contribution in [3.05, 3.63) is 29.6 Å². The van der Waals surface area contributed by atoms with Crippen LogP contribution in [-0.4, -0.2) is 16.2 Å². The molecule has 0 radical (unpaired) electrons. The average molecular weight is 209 g/mol. The van der Waals surface area contributed by atoms with Crippen molar-refractivity contribution in [2.24, 2.45) is 0 Å². The average Bonchev–Trinajstić information content (AvgIpc) is 2.29. The molecule has 0 aliphatic carbocycles. The number of rotatable bonds is 4. The van der Waals surface area contributed by atoms with Crippen LogP contribution in [0.15, 0.2) is 18.2 Å². The molecule has 1 unspecified atom stereocenters. The van der Waals surface area contributed by atoms with Gasteiger partial charge in [-0.1, -0.05) is 26.8 Å². The second-order valence-electron chi connectivity index (χ2n) is 3.37. The predicted octanol–water partition coefficient (Wildman–Crippen LogP) is 3.12. The Morgan fingerprint density at radius 1 is 1.33 bits per heavy atom. The van der Waals surface area contributed by atoms with E-state index in [1.54, 1.807) is 0 Å². The normalized spacial score (nSPS) is 11.5. The maximum absolute atomic E-state index is 9.36. The van der Waals surface area contributed by atoms with Gasteiger partial charge in [-0.05, 0) is 38.3 Å². The fraction of sp³-hybridized carbons (Fsp3) is 0.615. The van der Waals surface area contributed by atoms with E-state index in [-0.39, 0.29) is 6.10 Å². The zero-order valence-corrected chi connectivity index (χ0v) is 10.3. The topological polar surface area (TPSA) is 33.1 Å². The van der Waals surface area contributed by atoms with Gasteiger partial charge in [-0.25, -0.2) is 0 Å². The molecule has 15 heavy (non-hydrogen) atoms. The minimum atomic E-state index is -0.178. The minimum absolute atomic E-state index is 0.178. The van der Waals surface area contributed by atoms with Crippen LogP contribution in [0.25, 0.3) is 0 Å². The molecule has 0 saturated heterocycles. The minimum Gasteiger partial charge on any atom is -0.393 e. The Morgan fingerprint density at radius 2 is 2.00 bits per heavy atom.